The number of aromatic nitrogens is 4. The molecular weight excluding hydrogens is 641 g/mol. The third kappa shape index (κ3) is 4.13. The van der Waals surface area contributed by atoms with Gasteiger partial charge in [0.2, 0.25) is 5.95 Å². The van der Waals surface area contributed by atoms with E-state index >= 15 is 0 Å². The molecule has 0 saturated heterocycles. The second-order valence-electron chi connectivity index (χ2n) is 13.0. The molecule has 0 saturated carbocycles. The molecule has 11 rings (SSSR count). The smallest absolute Gasteiger partial charge is 0.235 e. The summed E-state index contributed by atoms with van der Waals surface area (Å²) >= 11 is 1.88. The van der Waals surface area contributed by atoms with Crippen molar-refractivity contribution in [2.75, 3.05) is 0 Å². The van der Waals surface area contributed by atoms with Gasteiger partial charge >= 0.3 is 0 Å². The van der Waals surface area contributed by atoms with Crippen molar-refractivity contribution in [3.8, 4) is 34.2 Å². The van der Waals surface area contributed by atoms with Crippen LogP contribution in [0.5, 0.6) is 0 Å². The van der Waals surface area contributed by atoms with Gasteiger partial charge < -0.3 is 4.57 Å². The Morgan fingerprint density at radius 3 is 1.57 bits per heavy atom. The lowest BCUT2D eigenvalue weighted by atomic mass is 10.0. The number of benzene rings is 7. The molecule has 5 heteroatoms. The fraction of sp³-hybridized carbons (Fsp3) is 0. The molecule has 0 radical (unpaired) electrons. The Kier molecular flexibility index (Phi) is 6.09. The molecule has 0 aliphatic rings. The summed E-state index contributed by atoms with van der Waals surface area (Å²) in [5.74, 6) is 0.651. The second kappa shape index (κ2) is 11.0. The Morgan fingerprint density at radius 1 is 0.412 bits per heavy atom. The lowest BCUT2D eigenvalue weighted by Gasteiger charge is -2.13. The highest BCUT2D eigenvalue weighted by Crippen LogP contribution is 2.51. The van der Waals surface area contributed by atoms with Gasteiger partial charge in [-0.25, -0.2) is 9.97 Å². The van der Waals surface area contributed by atoms with Gasteiger partial charge in [-0.1, -0.05) is 133 Å². The van der Waals surface area contributed by atoms with Crippen molar-refractivity contribution in [3.63, 3.8) is 0 Å². The topological polar surface area (TPSA) is 35.6 Å². The number of fused-ring (bicyclic) bond motifs is 12. The maximum absolute atomic E-state index is 5.40. The van der Waals surface area contributed by atoms with Crippen molar-refractivity contribution >= 4 is 75.1 Å². The first-order valence-electron chi connectivity index (χ1n) is 17.2. The van der Waals surface area contributed by atoms with Gasteiger partial charge in [0, 0.05) is 53.8 Å². The fourth-order valence-corrected chi connectivity index (χ4v) is 9.24. The zero-order valence-electron chi connectivity index (χ0n) is 27.4. The van der Waals surface area contributed by atoms with Crippen LogP contribution in [-0.2, 0) is 0 Å². The monoisotopic (exact) mass is 668 g/mol. The van der Waals surface area contributed by atoms with E-state index in [4.69, 9.17) is 9.97 Å². The Hall–Kier alpha value is -6.56. The summed E-state index contributed by atoms with van der Waals surface area (Å²) in [7, 11) is 0. The predicted octanol–water partition coefficient (Wildman–Crippen LogP) is 12.4. The van der Waals surface area contributed by atoms with Gasteiger partial charge in [-0.2, -0.15) is 0 Å². The third-order valence-corrected chi connectivity index (χ3v) is 11.3. The molecule has 0 unspecified atom stereocenters. The average molecular weight is 669 g/mol. The van der Waals surface area contributed by atoms with E-state index in [-0.39, 0.29) is 0 Å². The molecule has 11 aromatic rings. The molecular formula is C46H28N4S. The van der Waals surface area contributed by atoms with E-state index in [1.165, 1.54) is 52.8 Å². The molecule has 0 fully saturated rings. The van der Waals surface area contributed by atoms with Gasteiger partial charge in [0.25, 0.3) is 0 Å². The first-order chi connectivity index (χ1) is 25.3. The largest absolute Gasteiger partial charge is 0.308 e. The third-order valence-electron chi connectivity index (χ3n) is 10.1. The molecule has 4 aromatic heterocycles. The lowest BCUT2D eigenvalue weighted by molar-refractivity contribution is 0.998. The summed E-state index contributed by atoms with van der Waals surface area (Å²) in [6, 6.07) is 60.2. The van der Waals surface area contributed by atoms with E-state index in [1.54, 1.807) is 0 Å². The van der Waals surface area contributed by atoms with Crippen LogP contribution in [0, 0.1) is 0 Å². The van der Waals surface area contributed by atoms with E-state index in [2.05, 4.69) is 167 Å². The van der Waals surface area contributed by atoms with Crippen molar-refractivity contribution in [3.05, 3.63) is 170 Å². The number of rotatable bonds is 4. The quantitative estimate of drug-likeness (QED) is 0.187. The Morgan fingerprint density at radius 2 is 0.922 bits per heavy atom. The predicted molar refractivity (Wildman–Crippen MR) is 214 cm³/mol. The van der Waals surface area contributed by atoms with Crippen LogP contribution in [0.1, 0.15) is 0 Å². The number of para-hydroxylation sites is 3. The highest BCUT2D eigenvalue weighted by molar-refractivity contribution is 7.27. The highest BCUT2D eigenvalue weighted by Gasteiger charge is 2.27. The summed E-state index contributed by atoms with van der Waals surface area (Å²) in [6.45, 7) is 0. The lowest BCUT2D eigenvalue weighted by Crippen LogP contribution is -2.04. The van der Waals surface area contributed by atoms with Crippen LogP contribution in [0.15, 0.2) is 170 Å². The van der Waals surface area contributed by atoms with Gasteiger partial charge in [0.05, 0.1) is 38.2 Å². The zero-order chi connectivity index (χ0) is 33.5. The Bertz CT molecular complexity index is 3060. The van der Waals surface area contributed by atoms with Gasteiger partial charge in [-0.15, -0.1) is 11.3 Å². The summed E-state index contributed by atoms with van der Waals surface area (Å²) in [6.07, 6.45) is 0. The molecule has 0 N–H and O–H groups in total. The van der Waals surface area contributed by atoms with Crippen LogP contribution in [0.2, 0.25) is 0 Å². The number of hydrogen-bond donors (Lipinski definition) is 0. The first-order valence-corrected chi connectivity index (χ1v) is 18.0. The molecule has 7 aromatic carbocycles. The van der Waals surface area contributed by atoms with E-state index in [9.17, 15) is 0 Å². The van der Waals surface area contributed by atoms with Crippen LogP contribution < -0.4 is 0 Å². The molecule has 0 amide bonds. The molecule has 0 atom stereocenters. The normalized spacial score (nSPS) is 11.9. The van der Waals surface area contributed by atoms with Crippen LogP contribution >= 0.6 is 11.3 Å². The van der Waals surface area contributed by atoms with Crippen molar-refractivity contribution in [1.29, 1.82) is 0 Å². The molecule has 238 valence electrons. The summed E-state index contributed by atoms with van der Waals surface area (Å²) in [5, 5.41) is 7.37. The van der Waals surface area contributed by atoms with E-state index < -0.39 is 0 Å². The molecule has 0 aliphatic heterocycles. The Balaban J connectivity index is 1.41. The van der Waals surface area contributed by atoms with Crippen LogP contribution in [0.4, 0.5) is 0 Å². The SMILES string of the molecule is c1ccc(-c2cc(-c3ccccc3)nc(-n3c4ccccc4c4c5c6ccccc6sc5c5c(c6ccccc6n5-c5ccccc5)c43)n2)cc1. The summed E-state index contributed by atoms with van der Waals surface area (Å²) in [4.78, 5) is 10.8. The van der Waals surface area contributed by atoms with E-state index in [0.717, 1.165) is 39.2 Å². The summed E-state index contributed by atoms with van der Waals surface area (Å²) in [5.41, 5.74) is 9.59. The van der Waals surface area contributed by atoms with E-state index in [0.29, 0.717) is 5.95 Å². The fourth-order valence-electron chi connectivity index (χ4n) is 7.99. The Labute approximate surface area is 297 Å². The minimum Gasteiger partial charge on any atom is -0.308 e. The molecule has 4 heterocycles. The standard InChI is InChI=1S/C46H28N4S/c1-4-16-29(17-5-1)35-28-36(30-18-6-2-7-19-30)48-46(47-35)50-38-26-14-10-22-32(38)40-41-34-24-12-15-27-39(34)51-45(41)44-42(43(40)50)33-23-11-13-25-37(33)49(44)31-20-8-3-9-21-31/h1-28H. The van der Waals surface area contributed by atoms with Crippen molar-refractivity contribution < 1.29 is 0 Å². The number of nitrogens with zero attached hydrogens (tertiary/aromatic N) is 4. The minimum atomic E-state index is 0.651. The molecule has 4 nitrogen and oxygen atoms in total. The van der Waals surface area contributed by atoms with Crippen LogP contribution in [-0.4, -0.2) is 19.1 Å². The molecule has 0 aliphatic carbocycles. The van der Waals surface area contributed by atoms with Crippen LogP contribution in [0.25, 0.3) is 97.9 Å². The highest BCUT2D eigenvalue weighted by atomic mass is 32.1. The number of hydrogen-bond acceptors (Lipinski definition) is 3. The number of thiophene rings is 1. The minimum absolute atomic E-state index is 0.651. The summed E-state index contributed by atoms with van der Waals surface area (Å²) < 4.78 is 7.35. The van der Waals surface area contributed by atoms with Crippen LogP contribution in [0.3, 0.4) is 0 Å². The van der Waals surface area contributed by atoms with E-state index in [1.807, 2.05) is 23.5 Å². The van der Waals surface area contributed by atoms with Gasteiger partial charge in [0.1, 0.15) is 0 Å². The second-order valence-corrected chi connectivity index (χ2v) is 14.0. The van der Waals surface area contributed by atoms with Gasteiger partial charge in [-0.3, -0.25) is 4.57 Å². The maximum Gasteiger partial charge on any atom is 0.235 e. The van der Waals surface area contributed by atoms with Gasteiger partial charge in [0.15, 0.2) is 0 Å². The van der Waals surface area contributed by atoms with Crippen molar-refractivity contribution in [2.24, 2.45) is 0 Å². The molecule has 51 heavy (non-hydrogen) atoms. The molecule has 0 bridgehead atoms. The average Bonchev–Trinajstić information content (AvgIpc) is 3.87. The van der Waals surface area contributed by atoms with Crippen molar-refractivity contribution in [1.82, 2.24) is 19.1 Å². The molecule has 0 spiro atoms. The van der Waals surface area contributed by atoms with Gasteiger partial charge in [-0.05, 0) is 36.4 Å². The first kappa shape index (κ1) is 28.3. The van der Waals surface area contributed by atoms with Crippen molar-refractivity contribution in [2.45, 2.75) is 0 Å². The maximum atomic E-state index is 5.40. The zero-order valence-corrected chi connectivity index (χ0v) is 28.2.